The molecule has 2 unspecified atom stereocenters. The first-order valence-electron chi connectivity index (χ1n) is 6.52. The van der Waals surface area contributed by atoms with Crippen LogP contribution in [0.4, 0.5) is 10.5 Å². The zero-order valence-corrected chi connectivity index (χ0v) is 11.5. The third-order valence-electron chi connectivity index (χ3n) is 3.47. The number of aryl methyl sites for hydroxylation is 1. The highest BCUT2D eigenvalue weighted by atomic mass is 16.5. The van der Waals surface area contributed by atoms with Crippen LogP contribution in [0.15, 0.2) is 6.07 Å². The average molecular weight is 281 g/mol. The largest absolute Gasteiger partial charge is 0.477 e. The Hall–Kier alpha value is -2.02. The number of carbonyl (C=O) groups is 2. The number of urea groups is 1. The molecule has 110 valence electrons. The van der Waals surface area contributed by atoms with Crippen molar-refractivity contribution < 1.29 is 19.4 Å². The number of carboxylic acids is 1. The van der Waals surface area contributed by atoms with E-state index in [0.29, 0.717) is 5.69 Å². The molecule has 0 saturated heterocycles. The Labute approximate surface area is 116 Å². The van der Waals surface area contributed by atoms with Crippen molar-refractivity contribution in [2.45, 2.75) is 38.3 Å². The van der Waals surface area contributed by atoms with Gasteiger partial charge in [-0.3, -0.25) is 0 Å². The number of hydrogen-bond acceptors (Lipinski definition) is 3. The first kappa shape index (κ1) is 14.4. The van der Waals surface area contributed by atoms with E-state index in [4.69, 9.17) is 9.84 Å². The van der Waals surface area contributed by atoms with Crippen LogP contribution < -0.4 is 10.6 Å². The Morgan fingerprint density at radius 3 is 2.80 bits per heavy atom. The number of hydrogen-bond donors (Lipinski definition) is 4. The van der Waals surface area contributed by atoms with Crippen molar-refractivity contribution in [1.82, 2.24) is 10.3 Å². The quantitative estimate of drug-likeness (QED) is 0.674. The van der Waals surface area contributed by atoms with Crippen LogP contribution in [0.3, 0.4) is 0 Å². The number of anilines is 1. The summed E-state index contributed by atoms with van der Waals surface area (Å²) in [5.74, 6) is -1.10. The average Bonchev–Trinajstić information content (AvgIpc) is 2.96. The van der Waals surface area contributed by atoms with Gasteiger partial charge in [0.1, 0.15) is 5.69 Å². The Balaban J connectivity index is 1.93. The minimum absolute atomic E-state index is 0.0150. The van der Waals surface area contributed by atoms with Gasteiger partial charge in [-0.1, -0.05) is 0 Å². The van der Waals surface area contributed by atoms with Crippen LogP contribution in [0.25, 0.3) is 0 Å². The lowest BCUT2D eigenvalue weighted by atomic mass is 10.2. The Bertz CT molecular complexity index is 512. The van der Waals surface area contributed by atoms with Crippen molar-refractivity contribution in [2.24, 2.45) is 0 Å². The van der Waals surface area contributed by atoms with Crippen molar-refractivity contribution in [2.75, 3.05) is 12.4 Å². The van der Waals surface area contributed by atoms with E-state index in [1.807, 2.05) is 0 Å². The first-order valence-corrected chi connectivity index (χ1v) is 6.52. The minimum Gasteiger partial charge on any atom is -0.477 e. The zero-order valence-electron chi connectivity index (χ0n) is 11.5. The van der Waals surface area contributed by atoms with Gasteiger partial charge in [0, 0.05) is 18.8 Å². The topological polar surface area (TPSA) is 103 Å². The summed E-state index contributed by atoms with van der Waals surface area (Å²) in [5.41, 5.74) is 0.936. The van der Waals surface area contributed by atoms with Gasteiger partial charge in [-0.05, 0) is 32.3 Å². The predicted octanol–water partition coefficient (Wildman–Crippen LogP) is 1.71. The van der Waals surface area contributed by atoms with Crippen molar-refractivity contribution >= 4 is 17.7 Å². The fourth-order valence-corrected chi connectivity index (χ4v) is 2.49. The smallest absolute Gasteiger partial charge is 0.354 e. The molecule has 1 aromatic heterocycles. The molecule has 1 aliphatic carbocycles. The zero-order chi connectivity index (χ0) is 14.7. The minimum atomic E-state index is -1.10. The van der Waals surface area contributed by atoms with Crippen molar-refractivity contribution in [3.8, 4) is 0 Å². The van der Waals surface area contributed by atoms with Gasteiger partial charge >= 0.3 is 12.0 Å². The SMILES string of the molecule is COC1CCC(NC(=O)Nc2cc(C)[nH]c2C(=O)O)C1. The summed E-state index contributed by atoms with van der Waals surface area (Å²) >= 11 is 0. The van der Waals surface area contributed by atoms with E-state index in [2.05, 4.69) is 15.6 Å². The molecule has 7 heteroatoms. The molecule has 0 aliphatic heterocycles. The molecule has 1 fully saturated rings. The van der Waals surface area contributed by atoms with E-state index in [0.717, 1.165) is 19.3 Å². The molecule has 0 bridgehead atoms. The second kappa shape index (κ2) is 5.96. The van der Waals surface area contributed by atoms with Gasteiger partial charge < -0.3 is 25.5 Å². The Morgan fingerprint density at radius 2 is 2.20 bits per heavy atom. The second-order valence-corrected chi connectivity index (χ2v) is 5.01. The highest BCUT2D eigenvalue weighted by Gasteiger charge is 2.26. The number of carbonyl (C=O) groups excluding carboxylic acids is 1. The number of aromatic carboxylic acids is 1. The molecule has 2 amide bonds. The van der Waals surface area contributed by atoms with Crippen molar-refractivity contribution in [1.29, 1.82) is 0 Å². The van der Waals surface area contributed by atoms with E-state index in [1.165, 1.54) is 0 Å². The summed E-state index contributed by atoms with van der Waals surface area (Å²) < 4.78 is 5.24. The molecule has 20 heavy (non-hydrogen) atoms. The van der Waals surface area contributed by atoms with E-state index in [-0.39, 0.29) is 23.5 Å². The molecule has 0 spiro atoms. The third-order valence-corrected chi connectivity index (χ3v) is 3.47. The van der Waals surface area contributed by atoms with Crippen LogP contribution in [0, 0.1) is 6.92 Å². The number of rotatable bonds is 4. The molecule has 0 aromatic carbocycles. The summed E-state index contributed by atoms with van der Waals surface area (Å²) in [5, 5.41) is 14.4. The lowest BCUT2D eigenvalue weighted by Gasteiger charge is -2.13. The van der Waals surface area contributed by atoms with Crippen LogP contribution in [-0.4, -0.2) is 41.3 Å². The third kappa shape index (κ3) is 3.30. The summed E-state index contributed by atoms with van der Waals surface area (Å²) in [7, 11) is 1.66. The number of aromatic amines is 1. The molecule has 1 saturated carbocycles. The van der Waals surface area contributed by atoms with Crippen LogP contribution in [0.1, 0.15) is 35.4 Å². The number of H-pyrrole nitrogens is 1. The molecule has 1 aliphatic rings. The van der Waals surface area contributed by atoms with E-state index >= 15 is 0 Å². The molecule has 1 heterocycles. The predicted molar refractivity (Wildman–Crippen MR) is 73.1 cm³/mol. The number of ether oxygens (including phenoxy) is 1. The van der Waals surface area contributed by atoms with Crippen LogP contribution in [0.2, 0.25) is 0 Å². The Kier molecular flexibility index (Phi) is 4.29. The molecule has 2 rings (SSSR count). The van der Waals surface area contributed by atoms with Gasteiger partial charge in [0.15, 0.2) is 0 Å². The maximum atomic E-state index is 11.9. The molecular formula is C13H19N3O4. The molecule has 0 radical (unpaired) electrons. The van der Waals surface area contributed by atoms with E-state index in [9.17, 15) is 9.59 Å². The summed E-state index contributed by atoms with van der Waals surface area (Å²) in [6.45, 7) is 1.73. The second-order valence-electron chi connectivity index (χ2n) is 5.01. The number of carboxylic acid groups (broad SMARTS) is 1. The highest BCUT2D eigenvalue weighted by molar-refractivity contribution is 5.99. The lowest BCUT2D eigenvalue weighted by Crippen LogP contribution is -2.37. The normalized spacial score (nSPS) is 21.7. The number of amides is 2. The van der Waals surface area contributed by atoms with Gasteiger partial charge in [-0.2, -0.15) is 0 Å². The van der Waals surface area contributed by atoms with Gasteiger partial charge in [0.2, 0.25) is 0 Å². The summed E-state index contributed by atoms with van der Waals surface area (Å²) in [6, 6.07) is 1.26. The van der Waals surface area contributed by atoms with Crippen molar-refractivity contribution in [3.05, 3.63) is 17.5 Å². The molecular weight excluding hydrogens is 262 g/mol. The van der Waals surface area contributed by atoms with Gasteiger partial charge in [0.25, 0.3) is 0 Å². The maximum Gasteiger partial charge on any atom is 0.354 e. The fraction of sp³-hybridized carbons (Fsp3) is 0.538. The maximum absolute atomic E-state index is 11.9. The molecule has 7 nitrogen and oxygen atoms in total. The lowest BCUT2D eigenvalue weighted by molar-refractivity contribution is 0.0692. The van der Waals surface area contributed by atoms with E-state index in [1.54, 1.807) is 20.1 Å². The standard InChI is InChI=1S/C13H19N3O4/c1-7-5-10(11(14-7)12(17)18)16-13(19)15-8-3-4-9(6-8)20-2/h5,8-9,14H,3-4,6H2,1-2H3,(H,17,18)(H2,15,16,19). The molecule has 1 aromatic rings. The molecule has 2 atom stereocenters. The van der Waals surface area contributed by atoms with Gasteiger partial charge in [-0.25, -0.2) is 9.59 Å². The van der Waals surface area contributed by atoms with Crippen molar-refractivity contribution in [3.63, 3.8) is 0 Å². The van der Waals surface area contributed by atoms with Crippen LogP contribution in [-0.2, 0) is 4.74 Å². The van der Waals surface area contributed by atoms with Gasteiger partial charge in [-0.15, -0.1) is 0 Å². The monoisotopic (exact) mass is 281 g/mol. The molecule has 4 N–H and O–H groups in total. The highest BCUT2D eigenvalue weighted by Crippen LogP contribution is 2.22. The summed E-state index contributed by atoms with van der Waals surface area (Å²) in [6.07, 6.45) is 2.75. The van der Waals surface area contributed by atoms with Crippen LogP contribution >= 0.6 is 0 Å². The number of aromatic nitrogens is 1. The fourth-order valence-electron chi connectivity index (χ4n) is 2.49. The number of nitrogens with one attached hydrogen (secondary N) is 3. The van der Waals surface area contributed by atoms with Crippen LogP contribution in [0.5, 0.6) is 0 Å². The Morgan fingerprint density at radius 1 is 1.45 bits per heavy atom. The number of methoxy groups -OCH3 is 1. The van der Waals surface area contributed by atoms with E-state index < -0.39 is 12.0 Å². The summed E-state index contributed by atoms with van der Waals surface area (Å²) in [4.78, 5) is 25.6. The van der Waals surface area contributed by atoms with Gasteiger partial charge in [0.05, 0.1) is 11.8 Å². The first-order chi connectivity index (χ1) is 9.49.